The predicted molar refractivity (Wildman–Crippen MR) is 121 cm³/mol. The van der Waals surface area contributed by atoms with Crippen LogP contribution in [0.15, 0.2) is 15.8 Å². The standard InChI is InChI=1S/C18H31N3O13P2/c1-9-7-21(18(25)19-17(9)24)14-6-12(22)13(32-14)8-30-35(26,27)34-36(28,29)33-15-5-11(20(3)4)16(23)10(2)31-15/h7,10-16,22-23H,5-6,8H2,1-4H3,(H,26,27)(H,28,29)(H,19,24,25)/t10-,11-,12+,13-,14-,15-,16-/m1/s1. The molecular formula is C18H31N3O13P2. The second-order valence-corrected chi connectivity index (χ2v) is 11.9. The highest BCUT2D eigenvalue weighted by molar-refractivity contribution is 7.61. The fourth-order valence-electron chi connectivity index (χ4n) is 3.93. The summed E-state index contributed by atoms with van der Waals surface area (Å²) < 4.78 is 50.5. The van der Waals surface area contributed by atoms with Gasteiger partial charge in [-0.15, -0.1) is 0 Å². The van der Waals surface area contributed by atoms with Gasteiger partial charge in [-0.2, -0.15) is 4.31 Å². The molecule has 0 spiro atoms. The zero-order chi connectivity index (χ0) is 27.0. The van der Waals surface area contributed by atoms with Gasteiger partial charge in [-0.25, -0.2) is 13.9 Å². The average molecular weight is 559 g/mol. The number of phosphoric ester groups is 2. The number of likely N-dealkylation sites (N-methyl/N-ethyl adjacent to an activating group) is 1. The summed E-state index contributed by atoms with van der Waals surface area (Å²) in [4.78, 5) is 47.3. The first-order chi connectivity index (χ1) is 16.6. The predicted octanol–water partition coefficient (Wildman–Crippen LogP) is -0.830. The Kier molecular flexibility index (Phi) is 9.14. The maximum atomic E-state index is 12.4. The van der Waals surface area contributed by atoms with Crippen LogP contribution in [0.1, 0.15) is 31.6 Å². The van der Waals surface area contributed by atoms with Crippen molar-refractivity contribution in [3.63, 3.8) is 0 Å². The molecule has 0 amide bonds. The summed E-state index contributed by atoms with van der Waals surface area (Å²) in [5.74, 6) is 0. The van der Waals surface area contributed by atoms with Gasteiger partial charge in [0, 0.05) is 30.6 Å². The van der Waals surface area contributed by atoms with Crippen molar-refractivity contribution >= 4 is 15.6 Å². The number of ether oxygens (including phenoxy) is 2. The van der Waals surface area contributed by atoms with Crippen LogP contribution >= 0.6 is 15.6 Å². The molecule has 2 saturated heterocycles. The number of H-pyrrole nitrogens is 1. The highest BCUT2D eigenvalue weighted by atomic mass is 31.3. The van der Waals surface area contributed by atoms with Gasteiger partial charge in [-0.05, 0) is 27.9 Å². The molecule has 2 unspecified atom stereocenters. The smallest absolute Gasteiger partial charge is 0.390 e. The number of aliphatic hydroxyl groups excluding tert-OH is 2. The van der Waals surface area contributed by atoms with Gasteiger partial charge < -0.3 is 34.4 Å². The van der Waals surface area contributed by atoms with E-state index in [0.717, 1.165) is 4.57 Å². The molecule has 3 heterocycles. The summed E-state index contributed by atoms with van der Waals surface area (Å²) in [5, 5.41) is 20.4. The van der Waals surface area contributed by atoms with Crippen LogP contribution in [0.2, 0.25) is 0 Å². The molecule has 5 N–H and O–H groups in total. The van der Waals surface area contributed by atoms with Crippen molar-refractivity contribution in [1.29, 1.82) is 0 Å². The first kappa shape index (κ1) is 29.3. The Morgan fingerprint density at radius 1 is 1.17 bits per heavy atom. The van der Waals surface area contributed by atoms with Gasteiger partial charge in [0.2, 0.25) is 0 Å². The van der Waals surface area contributed by atoms with Gasteiger partial charge >= 0.3 is 21.3 Å². The van der Waals surface area contributed by atoms with E-state index >= 15 is 0 Å². The minimum atomic E-state index is -5.20. The molecule has 1 aromatic rings. The Bertz CT molecular complexity index is 1140. The van der Waals surface area contributed by atoms with Crippen molar-refractivity contribution in [1.82, 2.24) is 14.5 Å². The molecule has 0 aromatic carbocycles. The van der Waals surface area contributed by atoms with Gasteiger partial charge in [0.1, 0.15) is 12.3 Å². The molecule has 2 aliphatic heterocycles. The Labute approximate surface area is 205 Å². The number of nitrogens with one attached hydrogen (secondary N) is 1. The van der Waals surface area contributed by atoms with E-state index in [0.29, 0.717) is 0 Å². The minimum absolute atomic E-state index is 0.0317. The van der Waals surface area contributed by atoms with E-state index < -0.39 is 76.5 Å². The highest BCUT2D eigenvalue weighted by Gasteiger charge is 2.44. The molecule has 0 radical (unpaired) electrons. The SMILES string of the molecule is Cc1cn([C@H]2C[C@H](O)[C@@H](COP(=O)(O)OP(=O)(O)O[C@@H]3C[C@@H](N(C)C)[C@H](O)[C@@H](C)O3)O2)c(=O)[nH]c1=O. The minimum Gasteiger partial charge on any atom is -0.390 e. The van der Waals surface area contributed by atoms with Crippen LogP contribution in [0.25, 0.3) is 0 Å². The van der Waals surface area contributed by atoms with Crippen LogP contribution in [-0.4, -0.2) is 91.9 Å². The van der Waals surface area contributed by atoms with Crippen LogP contribution in [-0.2, 0) is 32.0 Å². The van der Waals surface area contributed by atoms with Crippen molar-refractivity contribution in [3.05, 3.63) is 32.6 Å². The average Bonchev–Trinajstić information content (AvgIpc) is 3.10. The van der Waals surface area contributed by atoms with Crippen molar-refractivity contribution in [2.45, 2.75) is 69.7 Å². The monoisotopic (exact) mass is 559 g/mol. The fourth-order valence-corrected chi connectivity index (χ4v) is 6.09. The summed E-state index contributed by atoms with van der Waals surface area (Å²) in [5.41, 5.74) is -1.13. The summed E-state index contributed by atoms with van der Waals surface area (Å²) in [6, 6.07) is -0.483. The molecule has 36 heavy (non-hydrogen) atoms. The molecule has 2 aliphatic rings. The maximum Gasteiger partial charge on any atom is 0.483 e. The first-order valence-corrected chi connectivity index (χ1v) is 13.9. The summed E-state index contributed by atoms with van der Waals surface area (Å²) in [7, 11) is -7.01. The summed E-state index contributed by atoms with van der Waals surface area (Å²) in [6.07, 6.45) is -5.33. The van der Waals surface area contributed by atoms with E-state index in [-0.39, 0.29) is 18.4 Å². The normalized spacial score (nSPS) is 34.4. The molecule has 3 rings (SSSR count). The number of hydrogen-bond acceptors (Lipinski definition) is 12. The highest BCUT2D eigenvalue weighted by Crippen LogP contribution is 2.61. The lowest BCUT2D eigenvalue weighted by Gasteiger charge is -2.40. The lowest BCUT2D eigenvalue weighted by atomic mass is 9.99. The lowest BCUT2D eigenvalue weighted by molar-refractivity contribution is -0.206. The second kappa shape index (κ2) is 11.2. The van der Waals surface area contributed by atoms with Crippen molar-refractivity contribution in [2.24, 2.45) is 0 Å². The van der Waals surface area contributed by atoms with Gasteiger partial charge in [-0.3, -0.25) is 23.4 Å². The fraction of sp³-hybridized carbons (Fsp3) is 0.778. The molecule has 0 bridgehead atoms. The van der Waals surface area contributed by atoms with Gasteiger partial charge in [0.15, 0.2) is 6.29 Å². The van der Waals surface area contributed by atoms with Crippen LogP contribution in [0, 0.1) is 6.92 Å². The van der Waals surface area contributed by atoms with E-state index in [2.05, 4.69) is 9.29 Å². The molecule has 2 fully saturated rings. The molecular weight excluding hydrogens is 528 g/mol. The zero-order valence-corrected chi connectivity index (χ0v) is 21.8. The molecule has 0 aliphatic carbocycles. The largest absolute Gasteiger partial charge is 0.483 e. The van der Waals surface area contributed by atoms with Crippen LogP contribution in [0.5, 0.6) is 0 Å². The Morgan fingerprint density at radius 2 is 1.83 bits per heavy atom. The number of hydrogen-bond donors (Lipinski definition) is 5. The third-order valence-electron chi connectivity index (χ3n) is 5.86. The topological polar surface area (TPSA) is 219 Å². The number of aryl methyl sites for hydroxylation is 1. The van der Waals surface area contributed by atoms with Crippen LogP contribution in [0.3, 0.4) is 0 Å². The van der Waals surface area contributed by atoms with E-state index in [1.54, 1.807) is 19.0 Å². The van der Waals surface area contributed by atoms with E-state index in [4.69, 9.17) is 18.5 Å². The Balaban J connectivity index is 1.57. The summed E-state index contributed by atoms with van der Waals surface area (Å²) in [6.45, 7) is 2.26. The zero-order valence-electron chi connectivity index (χ0n) is 20.0. The lowest BCUT2D eigenvalue weighted by Crippen LogP contribution is -2.53. The molecule has 9 atom stereocenters. The Hall–Kier alpha value is -1.26. The molecule has 206 valence electrons. The molecule has 18 heteroatoms. The number of phosphoric acid groups is 2. The second-order valence-electron chi connectivity index (χ2n) is 8.86. The third kappa shape index (κ3) is 7.19. The van der Waals surface area contributed by atoms with E-state index in [1.807, 2.05) is 0 Å². The molecule has 0 saturated carbocycles. The first-order valence-electron chi connectivity index (χ1n) is 10.9. The van der Waals surface area contributed by atoms with Gasteiger partial charge in [0.05, 0.1) is 24.9 Å². The van der Waals surface area contributed by atoms with E-state index in [1.165, 1.54) is 20.0 Å². The van der Waals surface area contributed by atoms with Crippen molar-refractivity contribution < 1.29 is 52.0 Å². The third-order valence-corrected chi connectivity index (χ3v) is 8.49. The molecule has 16 nitrogen and oxygen atoms in total. The quantitative estimate of drug-likeness (QED) is 0.233. The Morgan fingerprint density at radius 3 is 2.47 bits per heavy atom. The van der Waals surface area contributed by atoms with Crippen molar-refractivity contribution in [2.75, 3.05) is 20.7 Å². The number of aromatic amines is 1. The summed E-state index contributed by atoms with van der Waals surface area (Å²) >= 11 is 0. The number of aliphatic hydroxyl groups is 2. The van der Waals surface area contributed by atoms with Gasteiger partial charge in [-0.1, -0.05) is 0 Å². The van der Waals surface area contributed by atoms with Crippen molar-refractivity contribution in [3.8, 4) is 0 Å². The van der Waals surface area contributed by atoms with E-state index in [9.17, 15) is 38.7 Å². The number of nitrogens with zero attached hydrogens (tertiary/aromatic N) is 2. The molecule has 1 aromatic heterocycles. The van der Waals surface area contributed by atoms with Crippen LogP contribution < -0.4 is 11.2 Å². The van der Waals surface area contributed by atoms with Crippen LogP contribution in [0.4, 0.5) is 0 Å². The number of aromatic nitrogens is 2. The maximum absolute atomic E-state index is 12.4. The number of rotatable bonds is 9. The van der Waals surface area contributed by atoms with Gasteiger partial charge in [0.25, 0.3) is 5.56 Å².